The number of allylic oxidation sites excluding steroid dienone is 1. The third-order valence-corrected chi connectivity index (χ3v) is 2.29. The minimum Gasteiger partial charge on any atom is -0.481 e. The van der Waals surface area contributed by atoms with Crippen molar-refractivity contribution in [2.75, 3.05) is 13.6 Å². The number of nitrogens with one attached hydrogen (secondary N) is 1. The standard InChI is InChI=1S/C12H22N2O3/c1-5-6-7-8-14(4)11(17)13-12(2,3)9-10(15)16/h5H,1,6-9H2,2-4H3,(H,13,17)(H,15,16). The topological polar surface area (TPSA) is 69.6 Å². The largest absolute Gasteiger partial charge is 0.481 e. The van der Waals surface area contributed by atoms with Gasteiger partial charge in [-0.25, -0.2) is 4.79 Å². The number of carboxylic acids is 1. The van der Waals surface area contributed by atoms with Gasteiger partial charge in [0.2, 0.25) is 0 Å². The molecule has 17 heavy (non-hydrogen) atoms. The van der Waals surface area contributed by atoms with Crippen LogP contribution in [-0.4, -0.2) is 41.1 Å². The molecule has 0 aromatic heterocycles. The smallest absolute Gasteiger partial charge is 0.317 e. The predicted octanol–water partition coefficient (Wildman–Crippen LogP) is 1.85. The van der Waals surface area contributed by atoms with Gasteiger partial charge in [0.05, 0.1) is 6.42 Å². The van der Waals surface area contributed by atoms with Crippen LogP contribution in [-0.2, 0) is 4.79 Å². The molecule has 0 aromatic rings. The van der Waals surface area contributed by atoms with Crippen LogP contribution in [0.15, 0.2) is 12.7 Å². The summed E-state index contributed by atoms with van der Waals surface area (Å²) in [5, 5.41) is 11.4. The molecule has 0 atom stereocenters. The van der Waals surface area contributed by atoms with Crippen molar-refractivity contribution in [2.24, 2.45) is 0 Å². The lowest BCUT2D eigenvalue weighted by Crippen LogP contribution is -2.50. The highest BCUT2D eigenvalue weighted by atomic mass is 16.4. The Morgan fingerprint density at radius 2 is 2.06 bits per heavy atom. The van der Waals surface area contributed by atoms with Gasteiger partial charge >= 0.3 is 12.0 Å². The van der Waals surface area contributed by atoms with Crippen molar-refractivity contribution in [3.8, 4) is 0 Å². The van der Waals surface area contributed by atoms with Crippen molar-refractivity contribution in [2.45, 2.75) is 38.6 Å². The maximum atomic E-state index is 11.7. The number of carboxylic acid groups (broad SMARTS) is 1. The third-order valence-electron chi connectivity index (χ3n) is 2.29. The average molecular weight is 242 g/mol. The molecular weight excluding hydrogens is 220 g/mol. The van der Waals surface area contributed by atoms with Crippen LogP contribution in [0.2, 0.25) is 0 Å². The minimum atomic E-state index is -0.926. The second-order valence-corrected chi connectivity index (χ2v) is 4.74. The summed E-state index contributed by atoms with van der Waals surface area (Å²) in [7, 11) is 1.69. The zero-order chi connectivity index (χ0) is 13.5. The molecule has 0 heterocycles. The molecule has 5 heteroatoms. The van der Waals surface area contributed by atoms with Gasteiger partial charge in [-0.3, -0.25) is 4.79 Å². The Bertz CT molecular complexity index is 287. The van der Waals surface area contributed by atoms with Gasteiger partial charge in [0.15, 0.2) is 0 Å². The molecule has 2 amide bonds. The molecule has 0 radical (unpaired) electrons. The normalized spacial score (nSPS) is 10.8. The molecular formula is C12H22N2O3. The number of aliphatic carboxylic acids is 1. The first kappa shape index (κ1) is 15.5. The van der Waals surface area contributed by atoms with Crippen LogP contribution in [0.3, 0.4) is 0 Å². The van der Waals surface area contributed by atoms with Gasteiger partial charge < -0.3 is 15.3 Å². The Labute approximate surface area is 102 Å². The fourth-order valence-electron chi connectivity index (χ4n) is 1.38. The molecule has 0 aromatic carbocycles. The van der Waals surface area contributed by atoms with Gasteiger partial charge in [0.1, 0.15) is 0 Å². The van der Waals surface area contributed by atoms with Gasteiger partial charge in [-0.2, -0.15) is 0 Å². The molecule has 2 N–H and O–H groups in total. The summed E-state index contributed by atoms with van der Waals surface area (Å²) < 4.78 is 0. The van der Waals surface area contributed by atoms with E-state index in [1.54, 1.807) is 31.9 Å². The maximum Gasteiger partial charge on any atom is 0.317 e. The van der Waals surface area contributed by atoms with Gasteiger partial charge in [-0.1, -0.05) is 6.08 Å². The summed E-state index contributed by atoms with van der Waals surface area (Å²) in [6, 6.07) is -0.250. The van der Waals surface area contributed by atoms with Crippen LogP contribution in [0, 0.1) is 0 Å². The second kappa shape index (κ2) is 6.93. The Morgan fingerprint density at radius 3 is 2.53 bits per heavy atom. The molecule has 98 valence electrons. The highest BCUT2D eigenvalue weighted by molar-refractivity contribution is 5.76. The van der Waals surface area contributed by atoms with Crippen molar-refractivity contribution in [1.82, 2.24) is 10.2 Å². The molecule has 0 unspecified atom stereocenters. The number of unbranched alkanes of at least 4 members (excludes halogenated alkanes) is 1. The molecule has 0 aliphatic rings. The van der Waals surface area contributed by atoms with E-state index in [2.05, 4.69) is 11.9 Å². The molecule has 0 saturated carbocycles. The first-order valence-electron chi connectivity index (χ1n) is 5.64. The van der Waals surface area contributed by atoms with E-state index in [-0.39, 0.29) is 12.5 Å². The summed E-state index contributed by atoms with van der Waals surface area (Å²) in [6.45, 7) is 7.62. The van der Waals surface area contributed by atoms with E-state index in [4.69, 9.17) is 5.11 Å². The first-order chi connectivity index (χ1) is 7.78. The van der Waals surface area contributed by atoms with E-state index in [1.165, 1.54) is 0 Å². The van der Waals surface area contributed by atoms with Crippen molar-refractivity contribution in [1.29, 1.82) is 0 Å². The number of nitrogens with zero attached hydrogens (tertiary/aromatic N) is 1. The van der Waals surface area contributed by atoms with Crippen molar-refractivity contribution in [3.05, 3.63) is 12.7 Å². The van der Waals surface area contributed by atoms with E-state index in [0.717, 1.165) is 12.8 Å². The number of rotatable bonds is 7. The van der Waals surface area contributed by atoms with E-state index in [0.29, 0.717) is 6.54 Å². The molecule has 0 spiro atoms. The van der Waals surface area contributed by atoms with Gasteiger partial charge in [-0.05, 0) is 26.7 Å². The summed E-state index contributed by atoms with van der Waals surface area (Å²) in [5.74, 6) is -0.926. The number of hydrogen-bond donors (Lipinski definition) is 2. The first-order valence-corrected chi connectivity index (χ1v) is 5.64. The molecule has 5 nitrogen and oxygen atoms in total. The number of hydrogen-bond acceptors (Lipinski definition) is 2. The Balaban J connectivity index is 4.13. The Hall–Kier alpha value is -1.52. The van der Waals surface area contributed by atoms with Crippen LogP contribution in [0.4, 0.5) is 4.79 Å². The van der Waals surface area contributed by atoms with Gasteiger partial charge in [0, 0.05) is 19.1 Å². The van der Waals surface area contributed by atoms with Crippen LogP contribution in [0.25, 0.3) is 0 Å². The molecule has 0 fully saturated rings. The fraction of sp³-hybridized carbons (Fsp3) is 0.667. The van der Waals surface area contributed by atoms with Crippen LogP contribution in [0.1, 0.15) is 33.1 Å². The molecule has 0 bridgehead atoms. The second-order valence-electron chi connectivity index (χ2n) is 4.74. The van der Waals surface area contributed by atoms with Crippen molar-refractivity contribution in [3.63, 3.8) is 0 Å². The van der Waals surface area contributed by atoms with Crippen LogP contribution >= 0.6 is 0 Å². The quantitative estimate of drug-likeness (QED) is 0.528. The molecule has 0 aliphatic carbocycles. The summed E-state index contributed by atoms with van der Waals surface area (Å²) in [6.07, 6.45) is 3.42. The highest BCUT2D eigenvalue weighted by Crippen LogP contribution is 2.08. The monoisotopic (exact) mass is 242 g/mol. The molecule has 0 aliphatic heterocycles. The van der Waals surface area contributed by atoms with Crippen LogP contribution < -0.4 is 5.32 Å². The van der Waals surface area contributed by atoms with Crippen molar-refractivity contribution < 1.29 is 14.7 Å². The van der Waals surface area contributed by atoms with Gasteiger partial charge in [0.25, 0.3) is 0 Å². The number of carbonyl (C=O) groups is 2. The van der Waals surface area contributed by atoms with E-state index >= 15 is 0 Å². The maximum absolute atomic E-state index is 11.7. The minimum absolute atomic E-state index is 0.0980. The molecule has 0 saturated heterocycles. The lowest BCUT2D eigenvalue weighted by Gasteiger charge is -2.28. The lowest BCUT2D eigenvalue weighted by molar-refractivity contribution is -0.138. The van der Waals surface area contributed by atoms with Crippen LogP contribution in [0.5, 0.6) is 0 Å². The Morgan fingerprint density at radius 1 is 1.47 bits per heavy atom. The predicted molar refractivity (Wildman–Crippen MR) is 66.9 cm³/mol. The fourth-order valence-corrected chi connectivity index (χ4v) is 1.38. The van der Waals surface area contributed by atoms with Crippen molar-refractivity contribution >= 4 is 12.0 Å². The summed E-state index contributed by atoms with van der Waals surface area (Å²) in [5.41, 5.74) is -0.740. The van der Waals surface area contributed by atoms with E-state index in [9.17, 15) is 9.59 Å². The van der Waals surface area contributed by atoms with E-state index in [1.807, 2.05) is 0 Å². The number of urea groups is 1. The van der Waals surface area contributed by atoms with E-state index < -0.39 is 11.5 Å². The molecule has 0 rings (SSSR count). The average Bonchev–Trinajstić information content (AvgIpc) is 2.14. The summed E-state index contributed by atoms with van der Waals surface area (Å²) in [4.78, 5) is 23.9. The lowest BCUT2D eigenvalue weighted by atomic mass is 10.0. The van der Waals surface area contributed by atoms with Gasteiger partial charge in [-0.15, -0.1) is 6.58 Å². The zero-order valence-corrected chi connectivity index (χ0v) is 10.8. The number of amides is 2. The highest BCUT2D eigenvalue weighted by Gasteiger charge is 2.24. The SMILES string of the molecule is C=CCCCN(C)C(=O)NC(C)(C)CC(=O)O. The zero-order valence-electron chi connectivity index (χ0n) is 10.8. The Kier molecular flexibility index (Phi) is 6.31. The third kappa shape index (κ3) is 7.38. The number of carbonyl (C=O) groups excluding carboxylic acids is 1. The summed E-state index contributed by atoms with van der Waals surface area (Å²) >= 11 is 0.